The highest BCUT2D eigenvalue weighted by molar-refractivity contribution is 5.77. The Kier molecular flexibility index (Phi) is 7.38. The summed E-state index contributed by atoms with van der Waals surface area (Å²) < 4.78 is 16.1. The van der Waals surface area contributed by atoms with Crippen molar-refractivity contribution in [2.24, 2.45) is 0 Å². The van der Waals surface area contributed by atoms with E-state index in [9.17, 15) is 30.0 Å². The highest BCUT2D eigenvalue weighted by Crippen LogP contribution is 2.35. The Morgan fingerprint density at radius 2 is 2.00 bits per heavy atom. The first kappa shape index (κ1) is 22.8. The smallest absolute Gasteiger partial charge is 0.377 e. The van der Waals surface area contributed by atoms with Gasteiger partial charge in [0.25, 0.3) is 0 Å². The molecular weight excluding hydrogens is 390 g/mol. The zero-order valence-corrected chi connectivity index (χ0v) is 15.9. The van der Waals surface area contributed by atoms with E-state index in [1.165, 1.54) is 19.2 Å². The number of methoxy groups -OCH3 is 1. The highest BCUT2D eigenvalue weighted by Gasteiger charge is 2.56. The zero-order valence-electron chi connectivity index (χ0n) is 15.9. The van der Waals surface area contributed by atoms with Crippen molar-refractivity contribution in [1.82, 2.24) is 5.32 Å². The van der Waals surface area contributed by atoms with Crippen molar-refractivity contribution in [2.45, 2.75) is 49.6 Å². The Bertz CT molecular complexity index is 728. The molecule has 0 aliphatic carbocycles. The molecular formula is C18H25NO10. The largest absolute Gasteiger partial charge is 0.497 e. The van der Waals surface area contributed by atoms with Gasteiger partial charge in [-0.25, -0.2) is 4.79 Å². The summed E-state index contributed by atoms with van der Waals surface area (Å²) in [5.41, 5.74) is 0. The molecule has 0 radical (unpaired) electrons. The van der Waals surface area contributed by atoms with Gasteiger partial charge in [0.2, 0.25) is 5.91 Å². The SMILES string of the molecule is COc1cccc(OC2(C(=O)O)C[C@H](O)[C@@H](NC(C)=O)[C@H]([C@H](O)[C@H](O)CO)O2)c1. The fraction of sp³-hybridized carbons (Fsp3) is 0.556. The van der Waals surface area contributed by atoms with Crippen molar-refractivity contribution in [3.8, 4) is 11.5 Å². The second-order valence-corrected chi connectivity index (χ2v) is 6.66. The number of rotatable bonds is 8. The summed E-state index contributed by atoms with van der Waals surface area (Å²) in [6, 6.07) is 4.73. The molecule has 1 fully saturated rings. The molecule has 0 aromatic heterocycles. The standard InChI is InChI=1S/C18H25NO10/c1-9(21)19-14-12(22)7-18(17(25)26,29-16(14)15(24)13(23)8-20)28-11-5-3-4-10(6-11)27-2/h3-6,12-16,20,22-24H,7-8H2,1-2H3,(H,19,21)(H,25,26)/t12-,13+,14+,15+,16+,18?/m0/s1. The molecule has 1 aliphatic rings. The first-order valence-corrected chi connectivity index (χ1v) is 8.80. The molecule has 1 amide bonds. The van der Waals surface area contributed by atoms with E-state index in [0.29, 0.717) is 5.75 Å². The molecule has 11 heteroatoms. The summed E-state index contributed by atoms with van der Waals surface area (Å²) in [4.78, 5) is 23.5. The summed E-state index contributed by atoms with van der Waals surface area (Å²) in [5, 5.41) is 52.0. The Morgan fingerprint density at radius 1 is 1.34 bits per heavy atom. The van der Waals surface area contributed by atoms with Gasteiger partial charge in [-0.2, -0.15) is 0 Å². The fourth-order valence-corrected chi connectivity index (χ4v) is 3.09. The maximum atomic E-state index is 12.0. The van der Waals surface area contributed by atoms with Crippen LogP contribution in [-0.4, -0.2) is 87.4 Å². The van der Waals surface area contributed by atoms with Crippen LogP contribution in [-0.2, 0) is 14.3 Å². The molecule has 2 rings (SSSR count). The van der Waals surface area contributed by atoms with Crippen molar-refractivity contribution >= 4 is 11.9 Å². The average molecular weight is 415 g/mol. The third kappa shape index (κ3) is 5.14. The van der Waals surface area contributed by atoms with E-state index < -0.39 is 61.1 Å². The lowest BCUT2D eigenvalue weighted by molar-refractivity contribution is -0.284. The molecule has 0 spiro atoms. The van der Waals surface area contributed by atoms with Crippen LogP contribution in [0.2, 0.25) is 0 Å². The van der Waals surface area contributed by atoms with Crippen LogP contribution in [0.5, 0.6) is 11.5 Å². The van der Waals surface area contributed by atoms with Crippen LogP contribution in [0, 0.1) is 0 Å². The molecule has 1 heterocycles. The molecule has 0 bridgehead atoms. The topological polar surface area (TPSA) is 175 Å². The highest BCUT2D eigenvalue weighted by atomic mass is 16.7. The lowest BCUT2D eigenvalue weighted by atomic mass is 9.88. The molecule has 1 unspecified atom stereocenters. The number of hydrogen-bond acceptors (Lipinski definition) is 9. The fourth-order valence-electron chi connectivity index (χ4n) is 3.09. The van der Waals surface area contributed by atoms with Crippen molar-refractivity contribution in [1.29, 1.82) is 0 Å². The first-order chi connectivity index (χ1) is 13.6. The van der Waals surface area contributed by atoms with Crippen LogP contribution in [0.15, 0.2) is 24.3 Å². The number of carbonyl (C=O) groups is 2. The maximum Gasteiger partial charge on any atom is 0.377 e. The Morgan fingerprint density at radius 3 is 2.55 bits per heavy atom. The van der Waals surface area contributed by atoms with E-state index in [2.05, 4.69) is 5.32 Å². The second-order valence-electron chi connectivity index (χ2n) is 6.66. The van der Waals surface area contributed by atoms with Crippen LogP contribution < -0.4 is 14.8 Å². The average Bonchev–Trinajstić information content (AvgIpc) is 2.68. The van der Waals surface area contributed by atoms with Crippen molar-refractivity contribution in [2.75, 3.05) is 13.7 Å². The summed E-state index contributed by atoms with van der Waals surface area (Å²) in [7, 11) is 1.41. The lowest BCUT2D eigenvalue weighted by Gasteiger charge is -2.46. The van der Waals surface area contributed by atoms with Crippen LogP contribution in [0.1, 0.15) is 13.3 Å². The van der Waals surface area contributed by atoms with E-state index >= 15 is 0 Å². The van der Waals surface area contributed by atoms with Gasteiger partial charge in [-0.3, -0.25) is 4.79 Å². The van der Waals surface area contributed by atoms with Gasteiger partial charge >= 0.3 is 11.8 Å². The van der Waals surface area contributed by atoms with Crippen LogP contribution in [0.3, 0.4) is 0 Å². The minimum atomic E-state index is -2.44. The van der Waals surface area contributed by atoms with Gasteiger partial charge in [-0.05, 0) is 12.1 Å². The summed E-state index contributed by atoms with van der Waals surface area (Å²) in [5.74, 6) is -4.20. The zero-order chi connectivity index (χ0) is 21.8. The maximum absolute atomic E-state index is 12.0. The van der Waals surface area contributed by atoms with E-state index in [-0.39, 0.29) is 5.75 Å². The van der Waals surface area contributed by atoms with Crippen molar-refractivity contribution < 1.29 is 49.3 Å². The Balaban J connectivity index is 2.42. The number of carbonyl (C=O) groups excluding carboxylic acids is 1. The van der Waals surface area contributed by atoms with E-state index in [0.717, 1.165) is 6.92 Å². The van der Waals surface area contributed by atoms with Gasteiger partial charge in [0, 0.05) is 13.0 Å². The van der Waals surface area contributed by atoms with Crippen LogP contribution >= 0.6 is 0 Å². The minimum Gasteiger partial charge on any atom is -0.497 e. The van der Waals surface area contributed by atoms with Gasteiger partial charge in [-0.15, -0.1) is 0 Å². The van der Waals surface area contributed by atoms with Crippen LogP contribution in [0.25, 0.3) is 0 Å². The lowest BCUT2D eigenvalue weighted by Crippen LogP contribution is -2.68. The molecule has 1 saturated heterocycles. The molecule has 1 aliphatic heterocycles. The van der Waals surface area contributed by atoms with Gasteiger partial charge < -0.3 is 45.1 Å². The van der Waals surface area contributed by atoms with Crippen molar-refractivity contribution in [3.63, 3.8) is 0 Å². The predicted molar refractivity (Wildman–Crippen MR) is 96.2 cm³/mol. The summed E-state index contributed by atoms with van der Waals surface area (Å²) >= 11 is 0. The molecule has 29 heavy (non-hydrogen) atoms. The van der Waals surface area contributed by atoms with Gasteiger partial charge in [0.15, 0.2) is 0 Å². The minimum absolute atomic E-state index is 0.0490. The quantitative estimate of drug-likeness (QED) is 0.285. The molecule has 11 nitrogen and oxygen atoms in total. The number of nitrogens with one attached hydrogen (secondary N) is 1. The Labute approximate surface area is 166 Å². The summed E-state index contributed by atoms with van der Waals surface area (Å²) in [6.45, 7) is 0.297. The van der Waals surface area contributed by atoms with Gasteiger partial charge in [0.05, 0.1) is 32.3 Å². The number of aliphatic hydroxyl groups excluding tert-OH is 4. The molecule has 162 valence electrons. The number of ether oxygens (including phenoxy) is 3. The number of hydrogen-bond donors (Lipinski definition) is 6. The summed E-state index contributed by atoms with van der Waals surface area (Å²) in [6.07, 6.45) is -7.26. The normalized spacial score (nSPS) is 28.8. The third-order valence-corrected chi connectivity index (χ3v) is 4.51. The number of benzene rings is 1. The number of aliphatic hydroxyl groups is 4. The number of carboxylic acid groups (broad SMARTS) is 1. The monoisotopic (exact) mass is 415 g/mol. The first-order valence-electron chi connectivity index (χ1n) is 8.80. The third-order valence-electron chi connectivity index (χ3n) is 4.51. The molecule has 6 N–H and O–H groups in total. The number of carboxylic acids is 1. The number of aliphatic carboxylic acids is 1. The molecule has 1 aromatic rings. The predicted octanol–water partition coefficient (Wildman–Crippen LogP) is -1.78. The molecule has 6 atom stereocenters. The van der Waals surface area contributed by atoms with Gasteiger partial charge in [-0.1, -0.05) is 6.07 Å². The van der Waals surface area contributed by atoms with E-state index in [1.807, 2.05) is 0 Å². The number of amides is 1. The molecule has 0 saturated carbocycles. The second kappa shape index (κ2) is 9.37. The van der Waals surface area contributed by atoms with Crippen molar-refractivity contribution in [3.05, 3.63) is 24.3 Å². The van der Waals surface area contributed by atoms with Crippen LogP contribution in [0.4, 0.5) is 0 Å². The van der Waals surface area contributed by atoms with Gasteiger partial charge in [0.1, 0.15) is 29.8 Å². The van der Waals surface area contributed by atoms with E-state index in [4.69, 9.17) is 19.3 Å². The Hall–Kier alpha value is -2.44. The molecule has 1 aromatic carbocycles. The van der Waals surface area contributed by atoms with E-state index in [1.54, 1.807) is 12.1 Å².